The summed E-state index contributed by atoms with van der Waals surface area (Å²) in [4.78, 5) is 39.3. The third-order valence-electron chi connectivity index (χ3n) is 4.83. The minimum atomic E-state index is -3.82. The van der Waals surface area contributed by atoms with Crippen molar-refractivity contribution in [3.63, 3.8) is 0 Å². The number of nitrogens with one attached hydrogen (secondary N) is 2. The van der Waals surface area contributed by atoms with E-state index in [0.29, 0.717) is 22.5 Å². The summed E-state index contributed by atoms with van der Waals surface area (Å²) >= 11 is 0. The molecule has 0 radical (unpaired) electrons. The Balaban J connectivity index is 1.66. The maximum absolute atomic E-state index is 12.5. The molecule has 0 aliphatic heterocycles. The highest BCUT2D eigenvalue weighted by atomic mass is 32.2. The Kier molecular flexibility index (Phi) is 6.59. The van der Waals surface area contributed by atoms with Crippen molar-refractivity contribution in [2.45, 2.75) is 25.7 Å². The molecule has 3 rings (SSSR count). The third kappa shape index (κ3) is 4.94. The lowest BCUT2D eigenvalue weighted by Crippen LogP contribution is -2.16. The van der Waals surface area contributed by atoms with Crippen LogP contribution in [0.5, 0.6) is 0 Å². The molecular weight excluding hydrogens is 432 g/mol. The van der Waals surface area contributed by atoms with Crippen LogP contribution in [-0.4, -0.2) is 37.5 Å². The minimum absolute atomic E-state index is 0.0248. The van der Waals surface area contributed by atoms with Crippen molar-refractivity contribution in [2.24, 2.45) is 0 Å². The molecule has 2 aromatic carbocycles. The first-order chi connectivity index (χ1) is 15.1. The Bertz CT molecular complexity index is 1280. The molecule has 0 unspecified atom stereocenters. The van der Waals surface area contributed by atoms with Gasteiger partial charge >= 0.3 is 5.97 Å². The van der Waals surface area contributed by atoms with Crippen LogP contribution in [0.15, 0.2) is 59.5 Å². The van der Waals surface area contributed by atoms with Gasteiger partial charge in [-0.25, -0.2) is 13.2 Å². The summed E-state index contributed by atoms with van der Waals surface area (Å²) in [6.07, 6.45) is 0. The van der Waals surface area contributed by atoms with Gasteiger partial charge in [-0.2, -0.15) is 0 Å². The zero-order chi connectivity index (χ0) is 23.5. The number of hydrogen-bond acceptors (Lipinski definition) is 6. The number of benzene rings is 2. The van der Waals surface area contributed by atoms with E-state index in [1.165, 1.54) is 31.2 Å². The molecule has 0 bridgehead atoms. The number of aromatic nitrogens is 1. The number of esters is 1. The Morgan fingerprint density at radius 2 is 1.59 bits per heavy atom. The van der Waals surface area contributed by atoms with Crippen LogP contribution in [0.3, 0.4) is 0 Å². The van der Waals surface area contributed by atoms with Crippen LogP contribution in [0.4, 0.5) is 5.69 Å². The van der Waals surface area contributed by atoms with Gasteiger partial charge in [0.25, 0.3) is 10.0 Å². The molecule has 1 heterocycles. The molecule has 0 fully saturated rings. The summed E-state index contributed by atoms with van der Waals surface area (Å²) in [7, 11) is -3.82. The molecular formula is C23H22N2O6S. The van der Waals surface area contributed by atoms with E-state index in [-0.39, 0.29) is 21.9 Å². The second kappa shape index (κ2) is 9.19. The Morgan fingerprint density at radius 1 is 0.969 bits per heavy atom. The van der Waals surface area contributed by atoms with Crippen LogP contribution in [0.1, 0.15) is 49.4 Å². The molecule has 1 aromatic heterocycles. The normalized spacial score (nSPS) is 11.1. The molecule has 0 atom stereocenters. The molecule has 3 aromatic rings. The zero-order valence-corrected chi connectivity index (χ0v) is 18.6. The van der Waals surface area contributed by atoms with Crippen LogP contribution >= 0.6 is 0 Å². The second-order valence-corrected chi connectivity index (χ2v) is 8.86. The summed E-state index contributed by atoms with van der Waals surface area (Å²) in [5.41, 5.74) is 2.26. The standard InChI is InChI=1S/C23H22N2O6S/c1-14-21(16(3)26)15(2)24-22(14)20(27)13-31-23(28)17-9-11-19(12-10-17)32(29,30)25-18-7-5-4-6-8-18/h4-12,24-25H,13H2,1-3H3. The number of rotatable bonds is 8. The van der Waals surface area contributed by atoms with E-state index in [2.05, 4.69) is 9.71 Å². The average Bonchev–Trinajstić information content (AvgIpc) is 3.06. The number of aromatic amines is 1. The Hall–Kier alpha value is -3.72. The molecule has 2 N–H and O–H groups in total. The van der Waals surface area contributed by atoms with Gasteiger partial charge < -0.3 is 9.72 Å². The Labute approximate surface area is 185 Å². The van der Waals surface area contributed by atoms with E-state index in [9.17, 15) is 22.8 Å². The van der Waals surface area contributed by atoms with Crippen LogP contribution < -0.4 is 4.72 Å². The third-order valence-corrected chi connectivity index (χ3v) is 6.23. The van der Waals surface area contributed by atoms with Gasteiger partial charge in [0.05, 0.1) is 16.2 Å². The van der Waals surface area contributed by atoms with Crippen molar-refractivity contribution >= 4 is 33.2 Å². The van der Waals surface area contributed by atoms with Crippen molar-refractivity contribution in [3.05, 3.63) is 82.7 Å². The van der Waals surface area contributed by atoms with Crippen molar-refractivity contribution in [3.8, 4) is 0 Å². The van der Waals surface area contributed by atoms with Gasteiger partial charge in [0, 0.05) is 16.9 Å². The van der Waals surface area contributed by atoms with Gasteiger partial charge in [-0.05, 0) is 62.7 Å². The molecule has 0 amide bonds. The number of H-pyrrole nitrogens is 1. The topological polar surface area (TPSA) is 122 Å². The predicted molar refractivity (Wildman–Crippen MR) is 119 cm³/mol. The van der Waals surface area contributed by atoms with Gasteiger partial charge in [0.2, 0.25) is 5.78 Å². The van der Waals surface area contributed by atoms with Crippen molar-refractivity contribution in [2.75, 3.05) is 11.3 Å². The lowest BCUT2D eigenvalue weighted by atomic mass is 10.1. The maximum atomic E-state index is 12.5. The first-order valence-corrected chi connectivity index (χ1v) is 11.2. The largest absolute Gasteiger partial charge is 0.454 e. The van der Waals surface area contributed by atoms with Gasteiger partial charge in [0.15, 0.2) is 12.4 Å². The van der Waals surface area contributed by atoms with Gasteiger partial charge in [-0.15, -0.1) is 0 Å². The van der Waals surface area contributed by atoms with Gasteiger partial charge in [-0.1, -0.05) is 18.2 Å². The lowest BCUT2D eigenvalue weighted by Gasteiger charge is -2.09. The summed E-state index contributed by atoms with van der Waals surface area (Å²) in [5, 5.41) is 0. The predicted octanol–water partition coefficient (Wildman–Crippen LogP) is 3.67. The maximum Gasteiger partial charge on any atom is 0.338 e. The second-order valence-electron chi connectivity index (χ2n) is 7.18. The zero-order valence-electron chi connectivity index (χ0n) is 17.8. The molecule has 0 saturated carbocycles. The van der Waals surface area contributed by atoms with Crippen LogP contribution in [-0.2, 0) is 14.8 Å². The number of para-hydroxylation sites is 1. The number of aryl methyl sites for hydroxylation is 1. The molecule has 32 heavy (non-hydrogen) atoms. The number of carbonyl (C=O) groups excluding carboxylic acids is 3. The van der Waals surface area contributed by atoms with E-state index in [4.69, 9.17) is 4.74 Å². The summed E-state index contributed by atoms with van der Waals surface area (Å²) < 4.78 is 32.4. The minimum Gasteiger partial charge on any atom is -0.454 e. The smallest absolute Gasteiger partial charge is 0.338 e. The number of carbonyl (C=O) groups is 3. The van der Waals surface area contributed by atoms with E-state index in [1.807, 2.05) is 0 Å². The fourth-order valence-electron chi connectivity index (χ4n) is 3.33. The number of ether oxygens (including phenoxy) is 1. The highest BCUT2D eigenvalue weighted by Crippen LogP contribution is 2.20. The monoisotopic (exact) mass is 454 g/mol. The van der Waals surface area contributed by atoms with E-state index in [1.54, 1.807) is 44.2 Å². The SMILES string of the molecule is CC(=O)c1c(C)[nH]c(C(=O)COC(=O)c2ccc(S(=O)(=O)Nc3ccccc3)cc2)c1C. The number of anilines is 1. The summed E-state index contributed by atoms with van der Waals surface area (Å²) in [6.45, 7) is 4.23. The van der Waals surface area contributed by atoms with Crippen molar-refractivity contribution in [1.82, 2.24) is 4.98 Å². The molecule has 8 nitrogen and oxygen atoms in total. The molecule has 0 aliphatic rings. The van der Waals surface area contributed by atoms with Crippen LogP contribution in [0, 0.1) is 13.8 Å². The molecule has 0 saturated heterocycles. The highest BCUT2D eigenvalue weighted by Gasteiger charge is 2.21. The average molecular weight is 455 g/mol. The highest BCUT2D eigenvalue weighted by molar-refractivity contribution is 7.92. The van der Waals surface area contributed by atoms with Crippen LogP contribution in [0.25, 0.3) is 0 Å². The van der Waals surface area contributed by atoms with E-state index < -0.39 is 28.4 Å². The lowest BCUT2D eigenvalue weighted by molar-refractivity contribution is 0.0473. The van der Waals surface area contributed by atoms with Crippen molar-refractivity contribution < 1.29 is 27.5 Å². The van der Waals surface area contributed by atoms with Crippen LogP contribution in [0.2, 0.25) is 0 Å². The number of hydrogen-bond donors (Lipinski definition) is 2. The Morgan fingerprint density at radius 3 is 2.16 bits per heavy atom. The number of sulfonamides is 1. The molecule has 166 valence electrons. The van der Waals surface area contributed by atoms with Crippen molar-refractivity contribution in [1.29, 1.82) is 0 Å². The van der Waals surface area contributed by atoms with E-state index >= 15 is 0 Å². The van der Waals surface area contributed by atoms with Gasteiger partial charge in [-0.3, -0.25) is 14.3 Å². The fraction of sp³-hybridized carbons (Fsp3) is 0.174. The fourth-order valence-corrected chi connectivity index (χ4v) is 4.39. The van der Waals surface area contributed by atoms with Gasteiger partial charge in [0.1, 0.15) is 0 Å². The quantitative estimate of drug-likeness (QED) is 0.395. The molecule has 0 spiro atoms. The van der Waals surface area contributed by atoms with E-state index in [0.717, 1.165) is 0 Å². The summed E-state index contributed by atoms with van der Waals surface area (Å²) in [6, 6.07) is 13.6. The molecule has 9 heteroatoms. The summed E-state index contributed by atoms with van der Waals surface area (Å²) in [5.74, 6) is -1.41. The first-order valence-electron chi connectivity index (χ1n) is 9.68. The molecule has 0 aliphatic carbocycles. The first kappa shape index (κ1) is 23.0. The number of ketones is 2. The number of Topliss-reactive ketones (excluding diaryl/α,β-unsaturated/α-hetero) is 2.